The molecule has 1 saturated heterocycles. The van der Waals surface area contributed by atoms with Gasteiger partial charge in [-0.05, 0) is 25.7 Å². The maximum absolute atomic E-state index is 11.8. The van der Waals surface area contributed by atoms with Crippen LogP contribution in [0.3, 0.4) is 0 Å². The Kier molecular flexibility index (Phi) is 4.76. The summed E-state index contributed by atoms with van der Waals surface area (Å²) in [7, 11) is 0. The Morgan fingerprint density at radius 2 is 2.12 bits per heavy atom. The molecule has 0 aromatic rings. The first-order valence-corrected chi connectivity index (χ1v) is 6.54. The molecule has 2 aliphatic rings. The van der Waals surface area contributed by atoms with Crippen molar-refractivity contribution in [2.45, 2.75) is 50.4 Å². The predicted molar refractivity (Wildman–Crippen MR) is 63.6 cm³/mol. The van der Waals surface area contributed by atoms with Crippen LogP contribution < -0.4 is 10.6 Å². The quantitative estimate of drug-likeness (QED) is 0.640. The lowest BCUT2D eigenvalue weighted by atomic mass is 9.93. The normalized spacial score (nSPS) is 34.3. The van der Waals surface area contributed by atoms with Gasteiger partial charge in [0.25, 0.3) is 0 Å². The van der Waals surface area contributed by atoms with Gasteiger partial charge in [-0.25, -0.2) is 0 Å². The van der Waals surface area contributed by atoms with Crippen molar-refractivity contribution in [2.24, 2.45) is 0 Å². The van der Waals surface area contributed by atoms with Crippen molar-refractivity contribution in [3.8, 4) is 0 Å². The van der Waals surface area contributed by atoms with E-state index in [1.165, 1.54) is 0 Å². The van der Waals surface area contributed by atoms with Crippen molar-refractivity contribution in [3.05, 3.63) is 0 Å². The Balaban J connectivity index is 1.66. The average Bonchev–Trinajstić information content (AvgIpc) is 2.33. The van der Waals surface area contributed by atoms with Gasteiger partial charge in [0.05, 0.1) is 25.2 Å². The lowest BCUT2D eigenvalue weighted by Crippen LogP contribution is -2.44. The van der Waals surface area contributed by atoms with Gasteiger partial charge in [0, 0.05) is 19.1 Å². The van der Waals surface area contributed by atoms with Gasteiger partial charge in [0.1, 0.15) is 0 Å². The lowest BCUT2D eigenvalue weighted by molar-refractivity contribution is -0.125. The third-order valence-corrected chi connectivity index (χ3v) is 3.48. The van der Waals surface area contributed by atoms with Crippen LogP contribution >= 0.6 is 0 Å². The maximum Gasteiger partial charge on any atom is 0.222 e. The molecule has 98 valence electrons. The summed E-state index contributed by atoms with van der Waals surface area (Å²) in [6.07, 6.45) is 3.64. The second kappa shape index (κ2) is 6.33. The Labute approximate surface area is 102 Å². The van der Waals surface area contributed by atoms with Crippen molar-refractivity contribution in [2.75, 3.05) is 19.7 Å². The van der Waals surface area contributed by atoms with Crippen LogP contribution in [0, 0.1) is 0 Å². The summed E-state index contributed by atoms with van der Waals surface area (Å²) in [5.41, 5.74) is 0. The van der Waals surface area contributed by atoms with Gasteiger partial charge in [0.2, 0.25) is 5.91 Å². The van der Waals surface area contributed by atoms with Crippen molar-refractivity contribution >= 4 is 5.91 Å². The summed E-state index contributed by atoms with van der Waals surface area (Å²) in [6.45, 7) is 2.32. The molecule has 1 aliphatic carbocycles. The molecule has 1 atom stereocenters. The SMILES string of the molecule is O=C(CC1CNCCO1)NC1CCC(O)CC1. The van der Waals surface area contributed by atoms with Crippen molar-refractivity contribution < 1.29 is 14.6 Å². The van der Waals surface area contributed by atoms with Gasteiger partial charge in [-0.2, -0.15) is 0 Å². The molecule has 3 N–H and O–H groups in total. The van der Waals surface area contributed by atoms with Crippen LogP contribution in [0.2, 0.25) is 0 Å². The van der Waals surface area contributed by atoms with Crippen LogP contribution in [0.5, 0.6) is 0 Å². The number of carbonyl (C=O) groups excluding carboxylic acids is 1. The molecule has 0 spiro atoms. The second-order valence-electron chi connectivity index (χ2n) is 4.97. The lowest BCUT2D eigenvalue weighted by Gasteiger charge is -2.28. The van der Waals surface area contributed by atoms with E-state index < -0.39 is 0 Å². The van der Waals surface area contributed by atoms with Crippen LogP contribution in [0.4, 0.5) is 0 Å². The minimum absolute atomic E-state index is 0.0120. The molecule has 0 aromatic heterocycles. The van der Waals surface area contributed by atoms with E-state index in [2.05, 4.69) is 10.6 Å². The Morgan fingerprint density at radius 1 is 1.35 bits per heavy atom. The minimum atomic E-state index is -0.172. The number of ether oxygens (including phenoxy) is 1. The number of aliphatic hydroxyl groups is 1. The molecular formula is C12H22N2O3. The number of hydrogen-bond donors (Lipinski definition) is 3. The summed E-state index contributed by atoms with van der Waals surface area (Å²) in [6, 6.07) is 0.238. The third kappa shape index (κ3) is 4.26. The topological polar surface area (TPSA) is 70.6 Å². The zero-order valence-electron chi connectivity index (χ0n) is 10.2. The molecular weight excluding hydrogens is 220 g/mol. The van der Waals surface area contributed by atoms with Gasteiger partial charge in [-0.15, -0.1) is 0 Å². The predicted octanol–water partition coefficient (Wildman–Crippen LogP) is -0.215. The highest BCUT2D eigenvalue weighted by Crippen LogP contribution is 2.18. The van der Waals surface area contributed by atoms with Gasteiger partial charge in [-0.1, -0.05) is 0 Å². The van der Waals surface area contributed by atoms with Gasteiger partial charge in [0.15, 0.2) is 0 Å². The largest absolute Gasteiger partial charge is 0.393 e. The van der Waals surface area contributed by atoms with Crippen molar-refractivity contribution in [1.29, 1.82) is 0 Å². The highest BCUT2D eigenvalue weighted by Gasteiger charge is 2.23. The fraction of sp³-hybridized carbons (Fsp3) is 0.917. The van der Waals surface area contributed by atoms with E-state index in [9.17, 15) is 9.90 Å². The molecule has 5 heteroatoms. The van der Waals surface area contributed by atoms with Crippen LogP contribution in [0.1, 0.15) is 32.1 Å². The van der Waals surface area contributed by atoms with E-state index in [-0.39, 0.29) is 24.2 Å². The van der Waals surface area contributed by atoms with Crippen molar-refractivity contribution in [3.63, 3.8) is 0 Å². The molecule has 1 aliphatic heterocycles. The summed E-state index contributed by atoms with van der Waals surface area (Å²) >= 11 is 0. The number of nitrogens with one attached hydrogen (secondary N) is 2. The van der Waals surface area contributed by atoms with Gasteiger partial charge < -0.3 is 20.5 Å². The van der Waals surface area contributed by atoms with Gasteiger partial charge >= 0.3 is 0 Å². The number of amides is 1. The first-order chi connectivity index (χ1) is 8.24. The Morgan fingerprint density at radius 3 is 2.76 bits per heavy atom. The Bertz CT molecular complexity index is 246. The molecule has 2 rings (SSSR count). The molecule has 1 amide bonds. The van der Waals surface area contributed by atoms with E-state index in [0.29, 0.717) is 13.0 Å². The van der Waals surface area contributed by atoms with E-state index in [0.717, 1.165) is 38.8 Å². The molecule has 2 fully saturated rings. The van der Waals surface area contributed by atoms with Crippen LogP contribution in [-0.2, 0) is 9.53 Å². The van der Waals surface area contributed by atoms with E-state index in [4.69, 9.17) is 4.74 Å². The highest BCUT2D eigenvalue weighted by atomic mass is 16.5. The third-order valence-electron chi connectivity index (χ3n) is 3.48. The smallest absolute Gasteiger partial charge is 0.222 e. The number of morpholine rings is 1. The zero-order chi connectivity index (χ0) is 12.1. The molecule has 0 aromatic carbocycles. The molecule has 0 bridgehead atoms. The fourth-order valence-corrected chi connectivity index (χ4v) is 2.46. The molecule has 1 unspecified atom stereocenters. The van der Waals surface area contributed by atoms with E-state index >= 15 is 0 Å². The zero-order valence-corrected chi connectivity index (χ0v) is 10.2. The van der Waals surface area contributed by atoms with Crippen LogP contribution in [0.15, 0.2) is 0 Å². The molecule has 17 heavy (non-hydrogen) atoms. The van der Waals surface area contributed by atoms with E-state index in [1.807, 2.05) is 0 Å². The van der Waals surface area contributed by atoms with Crippen LogP contribution in [-0.4, -0.2) is 49.0 Å². The summed E-state index contributed by atoms with van der Waals surface area (Å²) in [4.78, 5) is 11.8. The minimum Gasteiger partial charge on any atom is -0.393 e. The molecule has 1 saturated carbocycles. The monoisotopic (exact) mass is 242 g/mol. The summed E-state index contributed by atoms with van der Waals surface area (Å²) < 4.78 is 5.49. The summed E-state index contributed by atoms with van der Waals surface area (Å²) in [5, 5.41) is 15.6. The highest BCUT2D eigenvalue weighted by molar-refractivity contribution is 5.76. The van der Waals surface area contributed by atoms with E-state index in [1.54, 1.807) is 0 Å². The van der Waals surface area contributed by atoms with Crippen molar-refractivity contribution in [1.82, 2.24) is 10.6 Å². The molecule has 5 nitrogen and oxygen atoms in total. The summed E-state index contributed by atoms with van der Waals surface area (Å²) in [5.74, 6) is 0.0695. The van der Waals surface area contributed by atoms with Gasteiger partial charge in [-0.3, -0.25) is 4.79 Å². The number of hydrogen-bond acceptors (Lipinski definition) is 4. The number of aliphatic hydroxyl groups excluding tert-OH is 1. The fourth-order valence-electron chi connectivity index (χ4n) is 2.46. The van der Waals surface area contributed by atoms with Crippen LogP contribution in [0.25, 0.3) is 0 Å². The molecule has 0 radical (unpaired) electrons. The number of rotatable bonds is 3. The average molecular weight is 242 g/mol. The number of carbonyl (C=O) groups is 1. The second-order valence-corrected chi connectivity index (χ2v) is 4.97. The first-order valence-electron chi connectivity index (χ1n) is 6.54. The molecule has 1 heterocycles. The Hall–Kier alpha value is -0.650. The maximum atomic E-state index is 11.8. The first kappa shape index (κ1) is 12.8. The standard InChI is InChI=1S/C12H22N2O3/c15-10-3-1-9(2-4-10)14-12(16)7-11-8-13-5-6-17-11/h9-11,13,15H,1-8H2,(H,14,16).